The highest BCUT2D eigenvalue weighted by atomic mass is 32.2. The molecule has 1 aromatic heterocycles. The van der Waals surface area contributed by atoms with Crippen LogP contribution >= 0.6 is 0 Å². The van der Waals surface area contributed by atoms with Crippen LogP contribution in [0.1, 0.15) is 11.7 Å². The summed E-state index contributed by atoms with van der Waals surface area (Å²) < 4.78 is 26.9. The Bertz CT molecular complexity index is 563. The minimum absolute atomic E-state index is 0.0100. The molecule has 1 N–H and O–H groups in total. The van der Waals surface area contributed by atoms with Gasteiger partial charge in [-0.3, -0.25) is 0 Å². The Balaban J connectivity index is 1.96. The van der Waals surface area contributed by atoms with Crippen molar-refractivity contribution in [2.24, 2.45) is 12.5 Å². The van der Waals surface area contributed by atoms with Gasteiger partial charge in [0, 0.05) is 44.6 Å². The van der Waals surface area contributed by atoms with E-state index in [9.17, 15) is 8.42 Å². The number of nitrogens with zero attached hydrogens (tertiary/aromatic N) is 4. The van der Waals surface area contributed by atoms with Gasteiger partial charge in [-0.25, -0.2) is 12.7 Å². The Morgan fingerprint density at radius 2 is 2.22 bits per heavy atom. The molecule has 1 unspecified atom stereocenters. The van der Waals surface area contributed by atoms with Crippen LogP contribution in [-0.4, -0.2) is 59.9 Å². The minimum Gasteiger partial charge on any atom is -0.320 e. The first-order valence-corrected chi connectivity index (χ1v) is 7.77. The van der Waals surface area contributed by atoms with Gasteiger partial charge in [0.25, 0.3) is 0 Å². The van der Waals surface area contributed by atoms with Gasteiger partial charge in [0.2, 0.25) is 10.0 Å². The van der Waals surface area contributed by atoms with Crippen molar-refractivity contribution in [2.75, 3.05) is 32.4 Å². The van der Waals surface area contributed by atoms with Crippen molar-refractivity contribution in [3.05, 3.63) is 12.2 Å². The molecule has 0 bridgehead atoms. The maximum Gasteiger partial charge on any atom is 0.211 e. The van der Waals surface area contributed by atoms with E-state index in [2.05, 4.69) is 15.5 Å². The number of hydrogen-bond acceptors (Lipinski definition) is 5. The molecule has 0 saturated carbocycles. The van der Waals surface area contributed by atoms with E-state index in [0.717, 1.165) is 18.9 Å². The van der Waals surface area contributed by atoms with Gasteiger partial charge in [0.1, 0.15) is 12.2 Å². The Morgan fingerprint density at radius 3 is 2.67 bits per heavy atom. The van der Waals surface area contributed by atoms with E-state index >= 15 is 0 Å². The second-order valence-corrected chi connectivity index (χ2v) is 7.36. The number of aryl methyl sites for hydroxylation is 1. The van der Waals surface area contributed by atoms with Crippen molar-refractivity contribution >= 4 is 10.0 Å². The summed E-state index contributed by atoms with van der Waals surface area (Å²) in [6, 6.07) is 0. The van der Waals surface area contributed by atoms with Crippen molar-refractivity contribution in [1.29, 1.82) is 0 Å². The fourth-order valence-electron chi connectivity index (χ4n) is 2.94. The highest BCUT2D eigenvalue weighted by molar-refractivity contribution is 7.88. The van der Waals surface area contributed by atoms with E-state index in [0.29, 0.717) is 13.1 Å². The summed E-state index contributed by atoms with van der Waals surface area (Å²) in [5.41, 5.74) is -0.0100. The second kappa shape index (κ2) is 3.75. The van der Waals surface area contributed by atoms with Gasteiger partial charge in [-0.15, -0.1) is 10.2 Å². The van der Waals surface area contributed by atoms with Gasteiger partial charge in [-0.1, -0.05) is 0 Å². The number of hydrogen-bond donors (Lipinski definition) is 1. The summed E-state index contributed by atoms with van der Waals surface area (Å²) >= 11 is 0. The molecule has 2 fully saturated rings. The van der Waals surface area contributed by atoms with Crippen molar-refractivity contribution in [3.63, 3.8) is 0 Å². The average Bonchev–Trinajstić information content (AvgIpc) is 2.77. The van der Waals surface area contributed by atoms with Crippen LogP contribution < -0.4 is 5.32 Å². The highest BCUT2D eigenvalue weighted by Gasteiger charge is 2.54. The van der Waals surface area contributed by atoms with Gasteiger partial charge >= 0.3 is 0 Å². The first-order valence-electron chi connectivity index (χ1n) is 5.92. The van der Waals surface area contributed by atoms with Crippen LogP contribution in [0.3, 0.4) is 0 Å². The Hall–Kier alpha value is -0.990. The topological polar surface area (TPSA) is 80.1 Å². The Labute approximate surface area is 106 Å². The summed E-state index contributed by atoms with van der Waals surface area (Å²) in [4.78, 5) is 0. The zero-order chi connectivity index (χ0) is 13.0. The Kier molecular flexibility index (Phi) is 2.51. The molecule has 0 aromatic carbocycles. The lowest BCUT2D eigenvalue weighted by molar-refractivity contribution is 0.158. The van der Waals surface area contributed by atoms with Gasteiger partial charge in [-0.2, -0.15) is 0 Å². The maximum absolute atomic E-state index is 11.7. The third-order valence-electron chi connectivity index (χ3n) is 4.10. The minimum atomic E-state index is -3.14. The molecule has 3 rings (SSSR count). The SMILES string of the molecule is Cn1cnnc1C1CN(S(C)(=O)=O)CC12CNC2. The lowest BCUT2D eigenvalue weighted by Crippen LogP contribution is -2.57. The summed E-state index contributed by atoms with van der Waals surface area (Å²) in [6.45, 7) is 2.77. The van der Waals surface area contributed by atoms with Crippen LogP contribution in [-0.2, 0) is 17.1 Å². The van der Waals surface area contributed by atoms with Crippen LogP contribution in [0.15, 0.2) is 6.33 Å². The fraction of sp³-hybridized carbons (Fsp3) is 0.800. The molecule has 8 heteroatoms. The first-order chi connectivity index (χ1) is 8.42. The van der Waals surface area contributed by atoms with Crippen molar-refractivity contribution in [3.8, 4) is 0 Å². The van der Waals surface area contributed by atoms with Crippen molar-refractivity contribution < 1.29 is 8.42 Å². The lowest BCUT2D eigenvalue weighted by Gasteiger charge is -2.43. The average molecular weight is 271 g/mol. The third-order valence-corrected chi connectivity index (χ3v) is 5.31. The van der Waals surface area contributed by atoms with Crippen LogP contribution in [0, 0.1) is 5.41 Å². The molecule has 7 nitrogen and oxygen atoms in total. The number of rotatable bonds is 2. The summed E-state index contributed by atoms with van der Waals surface area (Å²) in [6.07, 6.45) is 2.93. The maximum atomic E-state index is 11.7. The molecule has 1 atom stereocenters. The molecule has 2 aliphatic heterocycles. The van der Waals surface area contributed by atoms with Crippen molar-refractivity contribution in [1.82, 2.24) is 24.4 Å². The van der Waals surface area contributed by atoms with E-state index in [4.69, 9.17) is 0 Å². The highest BCUT2D eigenvalue weighted by Crippen LogP contribution is 2.45. The molecule has 18 heavy (non-hydrogen) atoms. The standard InChI is InChI=1S/C10H17N5O2S/c1-14-7-12-13-9(14)8-3-15(18(2,16)17)6-10(8)4-11-5-10/h7-8,11H,3-6H2,1-2H3. The molecule has 0 amide bonds. The predicted molar refractivity (Wildman–Crippen MR) is 65.5 cm³/mol. The summed E-state index contributed by atoms with van der Waals surface area (Å²) in [5.74, 6) is 1.00. The molecular formula is C10H17N5O2S. The van der Waals surface area contributed by atoms with Gasteiger partial charge < -0.3 is 9.88 Å². The van der Waals surface area contributed by atoms with Crippen LogP contribution in [0.2, 0.25) is 0 Å². The van der Waals surface area contributed by atoms with E-state index in [1.165, 1.54) is 6.26 Å². The quantitative estimate of drug-likeness (QED) is 0.728. The van der Waals surface area contributed by atoms with E-state index in [1.807, 2.05) is 11.6 Å². The molecule has 2 aliphatic rings. The normalized spacial score (nSPS) is 27.6. The first kappa shape index (κ1) is 12.1. The van der Waals surface area contributed by atoms with Crippen LogP contribution in [0.5, 0.6) is 0 Å². The fourth-order valence-corrected chi connectivity index (χ4v) is 3.85. The van der Waals surface area contributed by atoms with E-state index < -0.39 is 10.0 Å². The largest absolute Gasteiger partial charge is 0.320 e. The molecule has 0 aliphatic carbocycles. The number of aromatic nitrogens is 3. The number of nitrogens with one attached hydrogen (secondary N) is 1. The van der Waals surface area contributed by atoms with Gasteiger partial charge in [0.05, 0.1) is 6.26 Å². The smallest absolute Gasteiger partial charge is 0.211 e. The van der Waals surface area contributed by atoms with E-state index in [-0.39, 0.29) is 11.3 Å². The molecular weight excluding hydrogens is 254 g/mol. The summed E-state index contributed by atoms with van der Waals surface area (Å²) in [5, 5.41) is 11.3. The zero-order valence-corrected chi connectivity index (χ0v) is 11.3. The van der Waals surface area contributed by atoms with Crippen LogP contribution in [0.4, 0.5) is 0 Å². The molecule has 1 aromatic rings. The van der Waals surface area contributed by atoms with Crippen LogP contribution in [0.25, 0.3) is 0 Å². The second-order valence-electron chi connectivity index (χ2n) is 5.37. The molecule has 3 heterocycles. The van der Waals surface area contributed by atoms with E-state index in [1.54, 1.807) is 10.6 Å². The molecule has 1 spiro atoms. The summed E-state index contributed by atoms with van der Waals surface area (Å²) in [7, 11) is -1.24. The molecule has 0 radical (unpaired) electrons. The van der Waals surface area contributed by atoms with Gasteiger partial charge in [0.15, 0.2) is 0 Å². The third kappa shape index (κ3) is 1.67. The molecule has 2 saturated heterocycles. The zero-order valence-electron chi connectivity index (χ0n) is 10.5. The monoisotopic (exact) mass is 271 g/mol. The lowest BCUT2D eigenvalue weighted by atomic mass is 9.72. The number of sulfonamides is 1. The predicted octanol–water partition coefficient (Wildman–Crippen LogP) is -1.24. The van der Waals surface area contributed by atoms with Crippen molar-refractivity contribution in [2.45, 2.75) is 5.92 Å². The molecule has 100 valence electrons. The Morgan fingerprint density at radius 1 is 1.50 bits per heavy atom. The van der Waals surface area contributed by atoms with Gasteiger partial charge in [-0.05, 0) is 0 Å².